The maximum absolute atomic E-state index is 12.6. The van der Waals surface area contributed by atoms with Crippen LogP contribution >= 0.6 is 11.8 Å². The summed E-state index contributed by atoms with van der Waals surface area (Å²) in [4.78, 5) is 26.7. The number of aromatic nitrogens is 1. The summed E-state index contributed by atoms with van der Waals surface area (Å²) < 4.78 is 4.95. The molecule has 1 atom stereocenters. The van der Waals surface area contributed by atoms with Crippen molar-refractivity contribution >= 4 is 29.4 Å². The number of anilines is 1. The molecule has 1 saturated heterocycles. The van der Waals surface area contributed by atoms with Crippen molar-refractivity contribution in [3.05, 3.63) is 47.2 Å². The maximum atomic E-state index is 12.6. The average Bonchev–Trinajstić information content (AvgIpc) is 3.16. The molecule has 1 aromatic heterocycles. The Bertz CT molecular complexity index is 842. The number of piperidine rings is 1. The Morgan fingerprint density at radius 1 is 1.23 bits per heavy atom. The molecule has 0 saturated carbocycles. The van der Waals surface area contributed by atoms with Crippen molar-refractivity contribution in [3.63, 3.8) is 0 Å². The molecule has 0 radical (unpaired) electrons. The summed E-state index contributed by atoms with van der Waals surface area (Å²) in [6, 6.07) is 10.4. The van der Waals surface area contributed by atoms with Crippen molar-refractivity contribution < 1.29 is 14.1 Å². The minimum atomic E-state index is -0.335. The van der Waals surface area contributed by atoms with Gasteiger partial charge in [-0.3, -0.25) is 9.59 Å². The molecular formula is C23H31N3O3S. The number of nitrogens with zero attached hydrogens (tertiary/aromatic N) is 2. The highest BCUT2D eigenvalue weighted by Crippen LogP contribution is 2.24. The molecule has 1 fully saturated rings. The lowest BCUT2D eigenvalue weighted by Gasteiger charge is -2.32. The van der Waals surface area contributed by atoms with Gasteiger partial charge < -0.3 is 14.7 Å². The zero-order valence-corrected chi connectivity index (χ0v) is 18.8. The summed E-state index contributed by atoms with van der Waals surface area (Å²) >= 11 is 1.36. The van der Waals surface area contributed by atoms with Crippen molar-refractivity contribution in [2.24, 2.45) is 5.92 Å². The fourth-order valence-corrected chi connectivity index (χ4v) is 4.40. The summed E-state index contributed by atoms with van der Waals surface area (Å²) in [6.07, 6.45) is 4.40. The van der Waals surface area contributed by atoms with Crippen LogP contribution in [0.5, 0.6) is 0 Å². The van der Waals surface area contributed by atoms with E-state index in [9.17, 15) is 9.59 Å². The fraction of sp³-hybridized carbons (Fsp3) is 0.522. The second-order valence-corrected chi connectivity index (χ2v) is 9.44. The number of carbonyl (C=O) groups is 2. The van der Waals surface area contributed by atoms with Gasteiger partial charge in [-0.25, -0.2) is 0 Å². The van der Waals surface area contributed by atoms with Gasteiger partial charge >= 0.3 is 0 Å². The zero-order chi connectivity index (χ0) is 21.5. The minimum Gasteiger partial charge on any atom is -0.360 e. The van der Waals surface area contributed by atoms with Crippen LogP contribution in [0.4, 0.5) is 5.82 Å². The Labute approximate surface area is 182 Å². The summed E-state index contributed by atoms with van der Waals surface area (Å²) in [5, 5.41) is 6.14. The molecule has 7 heteroatoms. The molecule has 30 heavy (non-hydrogen) atoms. The van der Waals surface area contributed by atoms with Crippen LogP contribution in [0.1, 0.15) is 43.1 Å². The highest BCUT2D eigenvalue weighted by Gasteiger charge is 2.24. The van der Waals surface area contributed by atoms with E-state index in [1.54, 1.807) is 19.9 Å². The second-order valence-electron chi connectivity index (χ2n) is 8.11. The Morgan fingerprint density at radius 2 is 1.93 bits per heavy atom. The van der Waals surface area contributed by atoms with Gasteiger partial charge in [0.2, 0.25) is 11.8 Å². The molecule has 1 N–H and O–H groups in total. The van der Waals surface area contributed by atoms with Crippen LogP contribution in [-0.4, -0.2) is 46.0 Å². The van der Waals surface area contributed by atoms with Gasteiger partial charge in [0.05, 0.1) is 11.0 Å². The number of hydrogen-bond donors (Lipinski definition) is 1. The van der Waals surface area contributed by atoms with E-state index >= 15 is 0 Å². The molecule has 162 valence electrons. The molecule has 2 aromatic rings. The van der Waals surface area contributed by atoms with Crippen LogP contribution < -0.4 is 5.32 Å². The smallest absolute Gasteiger partial charge is 0.238 e. The van der Waals surface area contributed by atoms with E-state index in [4.69, 9.17) is 4.52 Å². The van der Waals surface area contributed by atoms with Crippen molar-refractivity contribution in [1.29, 1.82) is 0 Å². The molecule has 1 unspecified atom stereocenters. The van der Waals surface area contributed by atoms with E-state index in [0.717, 1.165) is 32.4 Å². The number of thioether (sulfide) groups is 1. The summed E-state index contributed by atoms with van der Waals surface area (Å²) in [5.41, 5.74) is 2.69. The van der Waals surface area contributed by atoms with Crippen LogP contribution in [0.3, 0.4) is 0 Å². The highest BCUT2D eigenvalue weighted by atomic mass is 32.2. The van der Waals surface area contributed by atoms with Crippen molar-refractivity contribution in [2.45, 2.75) is 51.7 Å². The third kappa shape index (κ3) is 6.62. The van der Waals surface area contributed by atoms with Gasteiger partial charge in [-0.2, -0.15) is 0 Å². The Hall–Kier alpha value is -2.28. The Kier molecular flexibility index (Phi) is 7.96. The first-order valence-corrected chi connectivity index (χ1v) is 11.6. The summed E-state index contributed by atoms with van der Waals surface area (Å²) in [7, 11) is 0. The maximum Gasteiger partial charge on any atom is 0.238 e. The van der Waals surface area contributed by atoms with E-state index in [2.05, 4.69) is 41.7 Å². The van der Waals surface area contributed by atoms with Gasteiger partial charge in [0.1, 0.15) is 5.76 Å². The van der Waals surface area contributed by atoms with Gasteiger partial charge in [0.25, 0.3) is 0 Å². The minimum absolute atomic E-state index is 0.119. The largest absolute Gasteiger partial charge is 0.360 e. The predicted molar refractivity (Wildman–Crippen MR) is 121 cm³/mol. The number of nitrogens with one attached hydrogen (secondary N) is 1. The molecule has 1 aromatic carbocycles. The molecule has 0 aliphatic carbocycles. The first kappa shape index (κ1) is 22.4. The molecule has 1 aliphatic heterocycles. The topological polar surface area (TPSA) is 75.4 Å². The summed E-state index contributed by atoms with van der Waals surface area (Å²) in [6.45, 7) is 7.32. The molecule has 3 rings (SSSR count). The fourth-order valence-electron chi connectivity index (χ4n) is 3.61. The number of rotatable bonds is 8. The summed E-state index contributed by atoms with van der Waals surface area (Å²) in [5.74, 6) is 2.00. The molecule has 0 spiro atoms. The number of amides is 2. The van der Waals surface area contributed by atoms with Crippen molar-refractivity contribution in [3.8, 4) is 0 Å². The first-order valence-electron chi connectivity index (χ1n) is 10.6. The monoisotopic (exact) mass is 429 g/mol. The second kappa shape index (κ2) is 10.7. The van der Waals surface area contributed by atoms with E-state index in [1.165, 1.54) is 29.3 Å². The van der Waals surface area contributed by atoms with Gasteiger partial charge in [-0.1, -0.05) is 35.0 Å². The lowest BCUT2D eigenvalue weighted by atomic mass is 9.90. The van der Waals surface area contributed by atoms with E-state index in [-0.39, 0.29) is 17.1 Å². The highest BCUT2D eigenvalue weighted by molar-refractivity contribution is 8.01. The third-order valence-electron chi connectivity index (χ3n) is 5.63. The van der Waals surface area contributed by atoms with E-state index in [0.29, 0.717) is 23.2 Å². The van der Waals surface area contributed by atoms with E-state index < -0.39 is 0 Å². The Balaban J connectivity index is 1.34. The van der Waals surface area contributed by atoms with Crippen LogP contribution in [0.25, 0.3) is 0 Å². The lowest BCUT2D eigenvalue weighted by molar-refractivity contribution is -0.129. The number of likely N-dealkylation sites (tertiary alicyclic amines) is 1. The van der Waals surface area contributed by atoms with Crippen LogP contribution in [0.2, 0.25) is 0 Å². The Morgan fingerprint density at radius 3 is 2.57 bits per heavy atom. The average molecular weight is 430 g/mol. The normalized spacial score (nSPS) is 15.8. The van der Waals surface area contributed by atoms with Gasteiger partial charge in [-0.05, 0) is 57.9 Å². The lowest BCUT2D eigenvalue weighted by Crippen LogP contribution is -2.40. The number of carbonyl (C=O) groups excluding carboxylic acids is 2. The molecule has 2 amide bonds. The number of aryl methyl sites for hydroxylation is 3. The van der Waals surface area contributed by atoms with Crippen molar-refractivity contribution in [2.75, 3.05) is 24.2 Å². The van der Waals surface area contributed by atoms with Gasteiger partial charge in [-0.15, -0.1) is 11.8 Å². The van der Waals surface area contributed by atoms with Crippen LogP contribution in [-0.2, 0) is 16.0 Å². The van der Waals surface area contributed by atoms with E-state index in [1.807, 2.05) is 4.90 Å². The standard InChI is InChI=1S/C23H31N3O3S/c1-16-4-6-19(7-5-16)8-9-20-10-12-26(13-11-20)22(27)15-30-18(3)23(28)24-21-14-17(2)29-25-21/h4-7,14,18,20H,8-13,15H2,1-3H3,(H,24,25,28). The number of benzene rings is 1. The molecule has 6 nitrogen and oxygen atoms in total. The van der Waals surface area contributed by atoms with Crippen LogP contribution in [0, 0.1) is 19.8 Å². The van der Waals surface area contributed by atoms with Gasteiger partial charge in [0.15, 0.2) is 5.82 Å². The SMILES string of the molecule is Cc1ccc(CCC2CCN(C(=O)CSC(C)C(=O)Nc3cc(C)on3)CC2)cc1. The third-order valence-corrected chi connectivity index (χ3v) is 6.76. The van der Waals surface area contributed by atoms with Crippen LogP contribution in [0.15, 0.2) is 34.9 Å². The predicted octanol–water partition coefficient (Wildman–Crippen LogP) is 4.22. The molecule has 2 heterocycles. The molecule has 1 aliphatic rings. The quantitative estimate of drug-likeness (QED) is 0.680. The van der Waals surface area contributed by atoms with Gasteiger partial charge in [0, 0.05) is 19.2 Å². The zero-order valence-electron chi connectivity index (χ0n) is 18.0. The number of hydrogen-bond acceptors (Lipinski definition) is 5. The molecular weight excluding hydrogens is 398 g/mol. The first-order chi connectivity index (χ1) is 14.4. The van der Waals surface area contributed by atoms with Crippen molar-refractivity contribution in [1.82, 2.24) is 10.1 Å². The molecule has 0 bridgehead atoms.